The van der Waals surface area contributed by atoms with E-state index in [2.05, 4.69) is 26.5 Å². The highest BCUT2D eigenvalue weighted by molar-refractivity contribution is 9.10. The summed E-state index contributed by atoms with van der Waals surface area (Å²) in [7, 11) is 0. The maximum atomic E-state index is 13.0. The quantitative estimate of drug-likeness (QED) is 0.243. The van der Waals surface area contributed by atoms with Crippen LogP contribution in [0.25, 0.3) is 10.8 Å². The lowest BCUT2D eigenvalue weighted by Crippen LogP contribution is -2.50. The van der Waals surface area contributed by atoms with Crippen LogP contribution in [0.3, 0.4) is 0 Å². The minimum atomic E-state index is -1.00. The molecule has 1 heterocycles. The zero-order valence-corrected chi connectivity index (χ0v) is 17.7. The number of halogens is 1. The molecule has 158 valence electrons. The van der Waals surface area contributed by atoms with E-state index >= 15 is 0 Å². The van der Waals surface area contributed by atoms with Gasteiger partial charge in [0.15, 0.2) is 0 Å². The van der Waals surface area contributed by atoms with E-state index in [-0.39, 0.29) is 5.75 Å². The Morgan fingerprint density at radius 1 is 1.03 bits per heavy atom. The average Bonchev–Trinajstić information content (AvgIpc) is 2.77. The van der Waals surface area contributed by atoms with Crippen LogP contribution in [0.2, 0.25) is 0 Å². The summed E-state index contributed by atoms with van der Waals surface area (Å²) in [6, 6.07) is 12.3. The number of aromatic hydroxyl groups is 1. The highest BCUT2D eigenvalue weighted by Crippen LogP contribution is 2.35. The van der Waals surface area contributed by atoms with Gasteiger partial charge in [-0.2, -0.15) is 5.10 Å². The summed E-state index contributed by atoms with van der Waals surface area (Å²) in [5.41, 5.74) is 4.91. The molecule has 1 aliphatic rings. The second kappa shape index (κ2) is 8.46. The molecule has 0 saturated carbocycles. The molecule has 0 radical (unpaired) electrons. The lowest BCUT2D eigenvalue weighted by atomic mass is 9.92. The average molecular weight is 484 g/mol. The van der Waals surface area contributed by atoms with E-state index in [1.54, 1.807) is 54.7 Å². The van der Waals surface area contributed by atoms with Gasteiger partial charge in [-0.05, 0) is 57.9 Å². The van der Waals surface area contributed by atoms with Crippen molar-refractivity contribution in [3.63, 3.8) is 0 Å². The maximum Gasteiger partial charge on any atom is 0.261 e. The lowest BCUT2D eigenvalue weighted by molar-refractivity contribution is 0.0375. The van der Waals surface area contributed by atoms with Crippen LogP contribution in [-0.2, 0) is 0 Å². The molecule has 0 fully saturated rings. The third-order valence-electron chi connectivity index (χ3n) is 5.10. The van der Waals surface area contributed by atoms with Crippen LogP contribution in [0.15, 0.2) is 58.1 Å². The summed E-state index contributed by atoms with van der Waals surface area (Å²) in [6.07, 6.45) is 1.57. The summed E-state index contributed by atoms with van der Waals surface area (Å²) < 4.78 is 0.545. The number of hydrazone groups is 1. The number of rotatable bonds is 6. The molecule has 3 aromatic rings. The van der Waals surface area contributed by atoms with Gasteiger partial charge in [-0.25, -0.2) is 0 Å². The van der Waals surface area contributed by atoms with Crippen LogP contribution in [0.5, 0.6) is 5.75 Å². The van der Waals surface area contributed by atoms with E-state index in [1.165, 1.54) is 0 Å². The smallest absolute Gasteiger partial charge is 0.261 e. The van der Waals surface area contributed by atoms with Gasteiger partial charge < -0.3 is 15.3 Å². The number of nitrogens with zero attached hydrogens (tertiary/aromatic N) is 2. The second-order valence-electron chi connectivity index (χ2n) is 6.97. The summed E-state index contributed by atoms with van der Waals surface area (Å²) >= 11 is 3.25. The predicted molar refractivity (Wildman–Crippen MR) is 119 cm³/mol. The number of anilines is 1. The van der Waals surface area contributed by atoms with Crippen molar-refractivity contribution in [3.8, 4) is 5.75 Å². The zero-order valence-electron chi connectivity index (χ0n) is 16.1. The van der Waals surface area contributed by atoms with Crippen LogP contribution in [0.1, 0.15) is 26.3 Å². The molecule has 2 amide bonds. The SMILES string of the molecule is O=C1c2cccc3c(N/N=C/c4ccc(O)c(Br)c4)ccc(c23)C(=O)N1C(CO)CO. The lowest BCUT2D eigenvalue weighted by Gasteiger charge is -2.32. The van der Waals surface area contributed by atoms with Gasteiger partial charge in [-0.15, -0.1) is 0 Å². The first-order valence-corrected chi connectivity index (χ1v) is 10.2. The van der Waals surface area contributed by atoms with Gasteiger partial charge >= 0.3 is 0 Å². The second-order valence-corrected chi connectivity index (χ2v) is 7.82. The summed E-state index contributed by atoms with van der Waals surface area (Å²) in [4.78, 5) is 26.8. The van der Waals surface area contributed by atoms with Crippen molar-refractivity contribution in [1.29, 1.82) is 0 Å². The zero-order chi connectivity index (χ0) is 22.1. The van der Waals surface area contributed by atoms with Crippen LogP contribution in [-0.4, -0.2) is 57.5 Å². The highest BCUT2D eigenvalue weighted by atomic mass is 79.9. The number of nitrogens with one attached hydrogen (secondary N) is 1. The topological polar surface area (TPSA) is 122 Å². The van der Waals surface area contributed by atoms with Crippen molar-refractivity contribution in [1.82, 2.24) is 4.90 Å². The van der Waals surface area contributed by atoms with Gasteiger partial charge in [0, 0.05) is 21.9 Å². The molecule has 1 aliphatic heterocycles. The van der Waals surface area contributed by atoms with Gasteiger partial charge in [0.1, 0.15) is 5.75 Å². The molecule has 4 N–H and O–H groups in total. The Bertz CT molecular complexity index is 1200. The van der Waals surface area contributed by atoms with E-state index < -0.39 is 31.1 Å². The van der Waals surface area contributed by atoms with Crippen LogP contribution in [0, 0.1) is 0 Å². The number of hydrogen-bond acceptors (Lipinski definition) is 7. The minimum absolute atomic E-state index is 0.127. The molecule has 8 nitrogen and oxygen atoms in total. The van der Waals surface area contributed by atoms with E-state index in [0.29, 0.717) is 32.1 Å². The Morgan fingerprint density at radius 3 is 2.42 bits per heavy atom. The molecule has 4 rings (SSSR count). The summed E-state index contributed by atoms with van der Waals surface area (Å²) in [6.45, 7) is -1.05. The molecular formula is C22H18BrN3O5. The molecule has 0 aliphatic carbocycles. The largest absolute Gasteiger partial charge is 0.507 e. The fourth-order valence-electron chi connectivity index (χ4n) is 3.54. The molecule has 0 atom stereocenters. The molecule has 31 heavy (non-hydrogen) atoms. The van der Waals surface area contributed by atoms with Crippen molar-refractivity contribution in [2.24, 2.45) is 5.10 Å². The maximum absolute atomic E-state index is 13.0. The van der Waals surface area contributed by atoms with Crippen molar-refractivity contribution < 1.29 is 24.9 Å². The van der Waals surface area contributed by atoms with Gasteiger partial charge in [0.2, 0.25) is 0 Å². The third kappa shape index (κ3) is 3.67. The van der Waals surface area contributed by atoms with E-state index in [1.807, 2.05) is 0 Å². The Hall–Kier alpha value is -3.27. The van der Waals surface area contributed by atoms with Crippen molar-refractivity contribution in [2.75, 3.05) is 18.6 Å². The molecule has 0 bridgehead atoms. The van der Waals surface area contributed by atoms with Crippen molar-refractivity contribution in [3.05, 3.63) is 69.7 Å². The number of phenolic OH excluding ortho intramolecular Hbond substituents is 1. The number of hydrogen-bond donors (Lipinski definition) is 4. The van der Waals surface area contributed by atoms with Gasteiger partial charge in [-0.1, -0.05) is 12.1 Å². The first-order chi connectivity index (χ1) is 15.0. The number of aliphatic hydroxyl groups excluding tert-OH is 2. The van der Waals surface area contributed by atoms with Crippen molar-refractivity contribution in [2.45, 2.75) is 6.04 Å². The first-order valence-electron chi connectivity index (χ1n) is 9.39. The van der Waals surface area contributed by atoms with Crippen molar-refractivity contribution >= 4 is 50.4 Å². The monoisotopic (exact) mass is 483 g/mol. The highest BCUT2D eigenvalue weighted by Gasteiger charge is 2.37. The molecular weight excluding hydrogens is 466 g/mol. The minimum Gasteiger partial charge on any atom is -0.507 e. The molecule has 9 heteroatoms. The Labute approximate surface area is 185 Å². The Morgan fingerprint density at radius 2 is 1.74 bits per heavy atom. The van der Waals surface area contributed by atoms with E-state index in [9.17, 15) is 24.9 Å². The van der Waals surface area contributed by atoms with E-state index in [0.717, 1.165) is 10.5 Å². The number of benzene rings is 3. The fourth-order valence-corrected chi connectivity index (χ4v) is 3.94. The molecule has 0 saturated heterocycles. The number of phenols is 1. The van der Waals surface area contributed by atoms with E-state index in [4.69, 9.17) is 0 Å². The number of carbonyl (C=O) groups excluding carboxylic acids is 2. The van der Waals surface area contributed by atoms with Gasteiger partial charge in [-0.3, -0.25) is 19.9 Å². The molecule has 0 spiro atoms. The third-order valence-corrected chi connectivity index (χ3v) is 5.73. The number of amides is 2. The Kier molecular flexibility index (Phi) is 5.73. The van der Waals surface area contributed by atoms with Crippen LogP contribution < -0.4 is 5.43 Å². The predicted octanol–water partition coefficient (Wildman–Crippen LogP) is 2.70. The van der Waals surface area contributed by atoms with Crippen LogP contribution in [0.4, 0.5) is 5.69 Å². The Balaban J connectivity index is 1.71. The summed E-state index contributed by atoms with van der Waals surface area (Å²) in [5, 5.41) is 33.9. The number of imide groups is 1. The molecule has 0 aromatic heterocycles. The normalized spacial score (nSPS) is 13.6. The van der Waals surface area contributed by atoms with Gasteiger partial charge in [0.25, 0.3) is 11.8 Å². The standard InChI is InChI=1S/C22H18BrN3O5/c23-17-8-12(4-7-19(17)29)9-24-25-18-6-5-16-20-14(18)2-1-3-15(20)21(30)26(22(16)31)13(10-27)11-28/h1-9,13,25,27-29H,10-11H2/b24-9+. The van der Waals surface area contributed by atoms with Gasteiger partial charge in [0.05, 0.1) is 35.6 Å². The van der Waals surface area contributed by atoms with Crippen LogP contribution >= 0.6 is 15.9 Å². The number of carbonyl (C=O) groups is 2. The number of aliphatic hydroxyl groups is 2. The fraction of sp³-hybridized carbons (Fsp3) is 0.136. The summed E-state index contributed by atoms with van der Waals surface area (Å²) in [5.74, 6) is -1.00. The molecule has 0 unspecified atom stereocenters. The molecule has 3 aromatic carbocycles. The first kappa shape index (κ1) is 21.0.